The summed E-state index contributed by atoms with van der Waals surface area (Å²) >= 11 is 2.26. The number of nitrogens with zero attached hydrogens (tertiary/aromatic N) is 2. The Kier molecular flexibility index (Phi) is 7.27. The molecule has 0 saturated carbocycles. The van der Waals surface area contributed by atoms with E-state index in [1.165, 1.54) is 0 Å². The SMILES string of the molecule is C[C@H]1[C@H]([Si](C)(C)F)[C@@H](CC(=O)N2CCC[C@H]2CO)O[C@]12C(=O)N(Cc1ccc(I)cc1)c1ccccc12. The van der Waals surface area contributed by atoms with Gasteiger partial charge in [0.2, 0.25) is 14.3 Å². The van der Waals surface area contributed by atoms with Crippen molar-refractivity contribution in [1.29, 1.82) is 0 Å². The van der Waals surface area contributed by atoms with Crippen LogP contribution in [-0.4, -0.2) is 55.5 Å². The lowest BCUT2D eigenvalue weighted by atomic mass is 9.82. The number of aliphatic hydroxyl groups is 1. The number of fused-ring (bicyclic) bond motifs is 2. The molecule has 2 aromatic carbocycles. The highest BCUT2D eigenvalue weighted by atomic mass is 127. The summed E-state index contributed by atoms with van der Waals surface area (Å²) < 4.78 is 23.7. The largest absolute Gasteiger partial charge is 0.394 e. The van der Waals surface area contributed by atoms with E-state index in [2.05, 4.69) is 22.6 Å². The fraction of sp³-hybridized carbons (Fsp3) is 0.500. The zero-order valence-corrected chi connectivity index (χ0v) is 24.7. The lowest BCUT2D eigenvalue weighted by molar-refractivity contribution is -0.150. The second-order valence-corrected chi connectivity index (χ2v) is 16.1. The van der Waals surface area contributed by atoms with Crippen molar-refractivity contribution in [2.24, 2.45) is 5.92 Å². The van der Waals surface area contributed by atoms with Gasteiger partial charge in [0.1, 0.15) is 0 Å². The van der Waals surface area contributed by atoms with Gasteiger partial charge in [0.25, 0.3) is 5.91 Å². The van der Waals surface area contributed by atoms with Crippen LogP contribution in [0.2, 0.25) is 18.6 Å². The predicted octanol–water partition coefficient (Wildman–Crippen LogP) is 4.99. The van der Waals surface area contributed by atoms with E-state index in [0.717, 1.165) is 33.2 Å². The van der Waals surface area contributed by atoms with E-state index in [4.69, 9.17) is 4.74 Å². The molecular formula is C28H34FIN2O4Si. The summed E-state index contributed by atoms with van der Waals surface area (Å²) in [5.41, 5.74) is 0.681. The number of halogens is 2. The minimum absolute atomic E-state index is 0.0141. The molecule has 0 bridgehead atoms. The van der Waals surface area contributed by atoms with Crippen molar-refractivity contribution in [3.05, 3.63) is 63.2 Å². The van der Waals surface area contributed by atoms with Gasteiger partial charge in [0.05, 0.1) is 37.4 Å². The summed E-state index contributed by atoms with van der Waals surface area (Å²) in [5, 5.41) is 9.72. The molecule has 1 N–H and O–H groups in total. The van der Waals surface area contributed by atoms with Crippen molar-refractivity contribution in [2.45, 2.75) is 69.1 Å². The zero-order chi connectivity index (χ0) is 26.5. The van der Waals surface area contributed by atoms with E-state index in [1.807, 2.05) is 55.5 Å². The number of hydrogen-bond donors (Lipinski definition) is 1. The Morgan fingerprint density at radius 3 is 2.59 bits per heavy atom. The van der Waals surface area contributed by atoms with Crippen LogP contribution in [0.15, 0.2) is 48.5 Å². The van der Waals surface area contributed by atoms with Crippen LogP contribution >= 0.6 is 22.6 Å². The number of rotatable bonds is 6. The lowest BCUT2D eigenvalue weighted by Gasteiger charge is -2.31. The van der Waals surface area contributed by atoms with Crippen LogP contribution in [0.4, 0.5) is 9.80 Å². The number of aliphatic hydroxyl groups excluding tert-OH is 1. The average Bonchev–Trinajstić information content (AvgIpc) is 3.51. The van der Waals surface area contributed by atoms with Crippen LogP contribution in [0.25, 0.3) is 0 Å². The first-order valence-electron chi connectivity index (χ1n) is 13.0. The molecule has 3 heterocycles. The second-order valence-electron chi connectivity index (χ2n) is 11.1. The summed E-state index contributed by atoms with van der Waals surface area (Å²) in [6.07, 6.45) is 0.916. The smallest absolute Gasteiger partial charge is 0.264 e. The van der Waals surface area contributed by atoms with E-state index in [9.17, 15) is 14.7 Å². The Bertz CT molecular complexity index is 1190. The van der Waals surface area contributed by atoms with Crippen LogP contribution in [-0.2, 0) is 26.5 Å². The number of likely N-dealkylation sites (tertiary alicyclic amines) is 1. The van der Waals surface area contributed by atoms with Crippen molar-refractivity contribution in [1.82, 2.24) is 4.90 Å². The first-order chi connectivity index (χ1) is 17.6. The monoisotopic (exact) mass is 636 g/mol. The highest BCUT2D eigenvalue weighted by Crippen LogP contribution is 2.60. The molecular weight excluding hydrogens is 602 g/mol. The number of ether oxygens (including phenoxy) is 1. The van der Waals surface area contributed by atoms with Crippen molar-refractivity contribution < 1.29 is 23.5 Å². The van der Waals surface area contributed by atoms with Gasteiger partial charge in [-0.2, -0.15) is 0 Å². The Balaban J connectivity index is 1.51. The van der Waals surface area contributed by atoms with Crippen LogP contribution in [0.1, 0.15) is 37.3 Å². The highest BCUT2D eigenvalue weighted by Gasteiger charge is 2.67. The maximum absolute atomic E-state index is 16.0. The van der Waals surface area contributed by atoms with Gasteiger partial charge in [0.15, 0.2) is 5.60 Å². The van der Waals surface area contributed by atoms with Crippen molar-refractivity contribution in [3.8, 4) is 0 Å². The molecule has 6 nitrogen and oxygen atoms in total. The Hall–Kier alpha value is -1.82. The minimum atomic E-state index is -3.35. The molecule has 2 saturated heterocycles. The van der Waals surface area contributed by atoms with Gasteiger partial charge in [-0.1, -0.05) is 37.3 Å². The molecule has 2 fully saturated rings. The minimum Gasteiger partial charge on any atom is -0.394 e. The van der Waals surface area contributed by atoms with Crippen molar-refractivity contribution in [3.63, 3.8) is 0 Å². The van der Waals surface area contributed by atoms with Crippen LogP contribution in [0.3, 0.4) is 0 Å². The number of benzene rings is 2. The molecule has 3 aliphatic rings. The third kappa shape index (κ3) is 4.55. The predicted molar refractivity (Wildman–Crippen MR) is 151 cm³/mol. The Morgan fingerprint density at radius 1 is 1.22 bits per heavy atom. The number of anilines is 1. The van der Waals surface area contributed by atoms with Gasteiger partial charge in [-0.15, -0.1) is 0 Å². The van der Waals surface area contributed by atoms with Gasteiger partial charge in [-0.3, -0.25) is 9.59 Å². The molecule has 0 aliphatic carbocycles. The molecule has 198 valence electrons. The van der Waals surface area contributed by atoms with E-state index < -0.39 is 31.6 Å². The molecule has 2 aromatic rings. The first-order valence-corrected chi connectivity index (χ1v) is 17.0. The van der Waals surface area contributed by atoms with Crippen molar-refractivity contribution in [2.75, 3.05) is 18.1 Å². The number of para-hydroxylation sites is 1. The maximum atomic E-state index is 16.0. The molecule has 2 amide bonds. The normalized spacial score (nSPS) is 29.4. The Labute approximate surface area is 232 Å². The Morgan fingerprint density at radius 2 is 1.92 bits per heavy atom. The van der Waals surface area contributed by atoms with Crippen LogP contribution < -0.4 is 4.90 Å². The lowest BCUT2D eigenvalue weighted by Crippen LogP contribution is -2.45. The topological polar surface area (TPSA) is 70.1 Å². The summed E-state index contributed by atoms with van der Waals surface area (Å²) in [4.78, 5) is 31.1. The molecule has 5 atom stereocenters. The van der Waals surface area contributed by atoms with Crippen molar-refractivity contribution >= 4 is 48.5 Å². The summed E-state index contributed by atoms with van der Waals surface area (Å²) in [6.45, 7) is 6.11. The van der Waals surface area contributed by atoms with Gasteiger partial charge in [-0.05, 0) is 72.3 Å². The molecule has 5 rings (SSSR count). The molecule has 0 aromatic heterocycles. The number of carbonyl (C=O) groups excluding carboxylic acids is 2. The second kappa shape index (κ2) is 10.1. The number of amides is 2. The molecule has 0 radical (unpaired) electrons. The summed E-state index contributed by atoms with van der Waals surface area (Å²) in [5.74, 6) is -0.754. The summed E-state index contributed by atoms with van der Waals surface area (Å²) in [6, 6.07) is 15.5. The van der Waals surface area contributed by atoms with Crippen LogP contribution in [0.5, 0.6) is 0 Å². The van der Waals surface area contributed by atoms with Gasteiger partial charge in [-0.25, -0.2) is 0 Å². The standard InChI is InChI=1S/C28H34FIN2O4Si/c1-18-26(37(2,3)29)24(15-25(34)31-14-6-7-21(31)17-33)36-28(18)22-8-4-5-9-23(22)32(27(28)35)16-19-10-12-20(30)13-11-19/h4-5,8-13,18,21,24,26,33H,6-7,14-17H2,1-3H3/t18-,21-,24+,26-,28+/m0/s1. The highest BCUT2D eigenvalue weighted by molar-refractivity contribution is 14.1. The van der Waals surface area contributed by atoms with E-state index >= 15 is 4.11 Å². The molecule has 3 aliphatic heterocycles. The number of carbonyl (C=O) groups is 2. The average molecular weight is 637 g/mol. The molecule has 1 spiro atoms. The fourth-order valence-corrected chi connectivity index (χ4v) is 9.63. The molecule has 0 unspecified atom stereocenters. The van der Waals surface area contributed by atoms with E-state index in [-0.39, 0.29) is 30.9 Å². The third-order valence-corrected chi connectivity index (χ3v) is 11.6. The third-order valence-electron chi connectivity index (χ3n) is 8.41. The maximum Gasteiger partial charge on any atom is 0.264 e. The summed E-state index contributed by atoms with van der Waals surface area (Å²) in [7, 11) is -3.35. The number of hydrogen-bond acceptors (Lipinski definition) is 4. The molecule has 37 heavy (non-hydrogen) atoms. The van der Waals surface area contributed by atoms with Gasteiger partial charge in [0, 0.05) is 27.1 Å². The van der Waals surface area contributed by atoms with Gasteiger partial charge < -0.3 is 23.8 Å². The van der Waals surface area contributed by atoms with Crippen LogP contribution in [0, 0.1) is 9.49 Å². The first kappa shape index (κ1) is 26.8. The zero-order valence-electron chi connectivity index (χ0n) is 21.5. The molecule has 9 heteroatoms. The van der Waals surface area contributed by atoms with E-state index in [0.29, 0.717) is 13.1 Å². The van der Waals surface area contributed by atoms with E-state index in [1.54, 1.807) is 22.9 Å². The quantitative estimate of drug-likeness (QED) is 0.276. The van der Waals surface area contributed by atoms with Gasteiger partial charge >= 0.3 is 0 Å². The fourth-order valence-electron chi connectivity index (χ4n) is 6.77.